The summed E-state index contributed by atoms with van der Waals surface area (Å²) in [4.78, 5) is 11.0. The van der Waals surface area contributed by atoms with Crippen molar-refractivity contribution in [1.82, 2.24) is 5.32 Å². The van der Waals surface area contributed by atoms with E-state index in [4.69, 9.17) is 15.9 Å². The lowest BCUT2D eigenvalue weighted by molar-refractivity contribution is -0.173. The molecule has 1 amide bonds. The first-order chi connectivity index (χ1) is 17.1. The highest BCUT2D eigenvalue weighted by Gasteiger charge is 2.42. The van der Waals surface area contributed by atoms with Crippen molar-refractivity contribution < 1.29 is 22.7 Å². The Morgan fingerprint density at radius 3 is 2.69 bits per heavy atom. The number of nitrogens with two attached hydrogens (primary N) is 1. The van der Waals surface area contributed by atoms with Gasteiger partial charge in [-0.1, -0.05) is 54.5 Å². The van der Waals surface area contributed by atoms with E-state index in [0.29, 0.717) is 24.5 Å². The number of carbonyl (C=O) groups is 1. The van der Waals surface area contributed by atoms with Crippen LogP contribution in [0.25, 0.3) is 11.1 Å². The largest absolute Gasteiger partial charge is 0.471 e. The second-order valence-electron chi connectivity index (χ2n) is 9.91. The summed E-state index contributed by atoms with van der Waals surface area (Å²) in [5.74, 6) is -1.34. The van der Waals surface area contributed by atoms with E-state index in [-0.39, 0.29) is 18.0 Å². The van der Waals surface area contributed by atoms with Crippen molar-refractivity contribution in [2.24, 2.45) is 11.7 Å². The summed E-state index contributed by atoms with van der Waals surface area (Å²) < 4.78 is 43.7. The monoisotopic (exact) mass is 499 g/mol. The number of ether oxygens (including phenoxy) is 1. The molecular weight excluding hydrogens is 467 g/mol. The average molecular weight is 500 g/mol. The highest BCUT2D eigenvalue weighted by atomic mass is 19.4. The Morgan fingerprint density at radius 2 is 1.94 bits per heavy atom. The topological polar surface area (TPSA) is 88.2 Å². The first kappa shape index (κ1) is 25.9. The molecule has 0 radical (unpaired) electrons. The van der Waals surface area contributed by atoms with Crippen molar-refractivity contribution in [3.05, 3.63) is 71.3 Å². The third-order valence-electron chi connectivity index (χ3n) is 7.10. The highest BCUT2D eigenvalue weighted by Crippen LogP contribution is 2.47. The smallest absolute Gasteiger partial charge is 0.384 e. The summed E-state index contributed by atoms with van der Waals surface area (Å²) in [6.07, 6.45) is 3.43. The minimum atomic E-state index is -4.85. The SMILES string of the molecule is N=C(N)c1cccc(-c2cccc(COC34CCCC(CC(=CCCNC(=O)C(F)(F)F)C3)C4)c2)c1. The molecule has 0 spiro atoms. The Balaban J connectivity index is 1.40. The van der Waals surface area contributed by atoms with Crippen LogP contribution in [0.1, 0.15) is 56.1 Å². The number of carbonyl (C=O) groups excluding carboxylic acids is 1. The predicted octanol–water partition coefficient (Wildman–Crippen LogP) is 5.87. The van der Waals surface area contributed by atoms with Gasteiger partial charge in [0, 0.05) is 12.1 Å². The Morgan fingerprint density at radius 1 is 1.19 bits per heavy atom. The number of nitrogens with one attached hydrogen (secondary N) is 2. The van der Waals surface area contributed by atoms with Crippen molar-refractivity contribution in [3.8, 4) is 11.1 Å². The molecule has 0 heterocycles. The minimum Gasteiger partial charge on any atom is -0.384 e. The molecule has 2 aliphatic carbocycles. The van der Waals surface area contributed by atoms with Gasteiger partial charge in [0.2, 0.25) is 0 Å². The molecule has 0 aliphatic heterocycles. The number of benzene rings is 2. The number of fused-ring (bicyclic) bond motifs is 2. The average Bonchev–Trinajstić information content (AvgIpc) is 2.85. The van der Waals surface area contributed by atoms with Crippen LogP contribution in [0.2, 0.25) is 0 Å². The fourth-order valence-corrected chi connectivity index (χ4v) is 5.48. The van der Waals surface area contributed by atoms with Crippen LogP contribution >= 0.6 is 0 Å². The molecule has 0 saturated heterocycles. The standard InChI is InChI=1S/C28H32F3N3O2/c29-28(30,31)26(35)34-12-4-7-20-13-19-6-3-11-27(16-19,17-20)36-18-21-5-1-8-22(14-21)23-9-2-10-24(15-23)25(32)33/h1-2,5,7-10,14-15,19H,3-4,6,11-13,16-18H2,(H3,32,33)(H,34,35). The number of hydrogen-bond donors (Lipinski definition) is 3. The minimum absolute atomic E-state index is 0.0298. The molecule has 2 aromatic carbocycles. The molecule has 4 rings (SSSR count). The van der Waals surface area contributed by atoms with E-state index in [2.05, 4.69) is 6.07 Å². The van der Waals surface area contributed by atoms with Gasteiger partial charge in [0.15, 0.2) is 0 Å². The Kier molecular flexibility index (Phi) is 7.83. The van der Waals surface area contributed by atoms with E-state index in [1.165, 1.54) is 5.57 Å². The Labute approximate surface area is 209 Å². The van der Waals surface area contributed by atoms with E-state index in [0.717, 1.165) is 55.2 Å². The second-order valence-corrected chi connectivity index (χ2v) is 9.91. The van der Waals surface area contributed by atoms with Crippen LogP contribution in [0.4, 0.5) is 13.2 Å². The summed E-state index contributed by atoms with van der Waals surface area (Å²) >= 11 is 0. The third-order valence-corrected chi connectivity index (χ3v) is 7.10. The van der Waals surface area contributed by atoms with Crippen LogP contribution in [-0.2, 0) is 16.1 Å². The van der Waals surface area contributed by atoms with Gasteiger partial charge in [-0.3, -0.25) is 10.2 Å². The van der Waals surface area contributed by atoms with Crippen molar-refractivity contribution in [2.45, 2.75) is 63.3 Å². The van der Waals surface area contributed by atoms with Gasteiger partial charge in [-0.2, -0.15) is 13.2 Å². The molecule has 192 valence electrons. The number of nitrogen functional groups attached to an aromatic ring is 1. The fraction of sp³-hybridized carbons (Fsp3) is 0.429. The molecule has 5 nitrogen and oxygen atoms in total. The summed E-state index contributed by atoms with van der Waals surface area (Å²) in [5.41, 5.74) is 10.4. The van der Waals surface area contributed by atoms with Gasteiger partial charge in [0.25, 0.3) is 0 Å². The van der Waals surface area contributed by atoms with Crippen molar-refractivity contribution in [3.63, 3.8) is 0 Å². The van der Waals surface area contributed by atoms with Crippen molar-refractivity contribution >= 4 is 11.7 Å². The highest BCUT2D eigenvalue weighted by molar-refractivity contribution is 5.96. The van der Waals surface area contributed by atoms with E-state index >= 15 is 0 Å². The molecule has 0 aromatic heterocycles. The number of alkyl halides is 3. The van der Waals surface area contributed by atoms with Gasteiger partial charge in [0.05, 0.1) is 12.2 Å². The summed E-state index contributed by atoms with van der Waals surface area (Å²) in [6.45, 7) is 0.444. The van der Waals surface area contributed by atoms with Crippen LogP contribution < -0.4 is 11.1 Å². The summed E-state index contributed by atoms with van der Waals surface area (Å²) in [7, 11) is 0. The van der Waals surface area contributed by atoms with Crippen LogP contribution in [0.15, 0.2) is 60.2 Å². The van der Waals surface area contributed by atoms with E-state index in [9.17, 15) is 18.0 Å². The quantitative estimate of drug-likeness (QED) is 0.184. The second kappa shape index (κ2) is 10.9. The Bertz CT molecular complexity index is 1140. The predicted molar refractivity (Wildman–Crippen MR) is 133 cm³/mol. The van der Waals surface area contributed by atoms with E-state index in [1.807, 2.05) is 53.9 Å². The molecule has 2 unspecified atom stereocenters. The van der Waals surface area contributed by atoms with Gasteiger partial charge in [0.1, 0.15) is 5.84 Å². The fourth-order valence-electron chi connectivity index (χ4n) is 5.48. The van der Waals surface area contributed by atoms with Crippen LogP contribution in [-0.4, -0.2) is 30.1 Å². The summed E-state index contributed by atoms with van der Waals surface area (Å²) in [5, 5.41) is 9.62. The van der Waals surface area contributed by atoms with Gasteiger partial charge in [-0.05, 0) is 73.3 Å². The Hall–Kier alpha value is -3.13. The molecular formula is C28H32F3N3O2. The first-order valence-electron chi connectivity index (χ1n) is 12.3. The lowest BCUT2D eigenvalue weighted by Gasteiger charge is -2.46. The third kappa shape index (κ3) is 6.55. The number of hydrogen-bond acceptors (Lipinski definition) is 3. The normalized spacial score (nSPS) is 22.9. The van der Waals surface area contributed by atoms with Crippen LogP contribution in [0.3, 0.4) is 0 Å². The number of amides is 1. The molecule has 2 bridgehead atoms. The maximum Gasteiger partial charge on any atom is 0.471 e. The molecule has 2 aliphatic rings. The molecule has 2 atom stereocenters. The lowest BCUT2D eigenvalue weighted by atomic mass is 9.67. The van der Waals surface area contributed by atoms with Crippen molar-refractivity contribution in [1.29, 1.82) is 5.41 Å². The van der Waals surface area contributed by atoms with E-state index in [1.54, 1.807) is 0 Å². The lowest BCUT2D eigenvalue weighted by Crippen LogP contribution is -2.42. The van der Waals surface area contributed by atoms with Gasteiger partial charge < -0.3 is 15.8 Å². The molecule has 8 heteroatoms. The zero-order chi connectivity index (χ0) is 25.8. The molecule has 2 saturated carbocycles. The van der Waals surface area contributed by atoms with Crippen LogP contribution in [0, 0.1) is 11.3 Å². The van der Waals surface area contributed by atoms with Gasteiger partial charge in [-0.15, -0.1) is 0 Å². The maximum absolute atomic E-state index is 12.4. The van der Waals surface area contributed by atoms with Crippen molar-refractivity contribution in [2.75, 3.05) is 6.54 Å². The number of amidine groups is 1. The van der Waals surface area contributed by atoms with Crippen LogP contribution in [0.5, 0.6) is 0 Å². The molecule has 4 N–H and O–H groups in total. The number of halogens is 3. The molecule has 2 fully saturated rings. The zero-order valence-electron chi connectivity index (χ0n) is 20.2. The van der Waals surface area contributed by atoms with E-state index < -0.39 is 12.1 Å². The maximum atomic E-state index is 12.4. The summed E-state index contributed by atoms with van der Waals surface area (Å²) in [6, 6.07) is 15.8. The molecule has 36 heavy (non-hydrogen) atoms. The molecule has 2 aromatic rings. The first-order valence-corrected chi connectivity index (χ1v) is 12.3. The van der Waals surface area contributed by atoms with Gasteiger partial charge in [-0.25, -0.2) is 0 Å². The van der Waals surface area contributed by atoms with Gasteiger partial charge >= 0.3 is 12.1 Å². The number of rotatable bonds is 8. The zero-order valence-corrected chi connectivity index (χ0v) is 20.2.